The van der Waals surface area contributed by atoms with E-state index in [-0.39, 0.29) is 24.1 Å². The van der Waals surface area contributed by atoms with Crippen molar-refractivity contribution in [1.29, 1.82) is 5.26 Å². The lowest BCUT2D eigenvalue weighted by Crippen LogP contribution is -2.52. The van der Waals surface area contributed by atoms with Gasteiger partial charge in [0, 0.05) is 19.1 Å². The van der Waals surface area contributed by atoms with Gasteiger partial charge in [-0.05, 0) is 41.0 Å². The molecule has 1 rings (SSSR count). The molecular weight excluding hydrogens is 282 g/mol. The van der Waals surface area contributed by atoms with Gasteiger partial charge in [0.2, 0.25) is 0 Å². The zero-order valence-electron chi connectivity index (χ0n) is 14.4. The van der Waals surface area contributed by atoms with E-state index in [2.05, 4.69) is 18.3 Å². The van der Waals surface area contributed by atoms with Crippen molar-refractivity contribution in [2.75, 3.05) is 26.3 Å². The highest BCUT2D eigenvalue weighted by Gasteiger charge is 2.31. The first kappa shape index (κ1) is 18.7. The number of morpholine rings is 1. The monoisotopic (exact) mass is 311 g/mol. The van der Waals surface area contributed by atoms with Crippen molar-refractivity contribution < 1.29 is 14.3 Å². The first-order chi connectivity index (χ1) is 10.2. The summed E-state index contributed by atoms with van der Waals surface area (Å²) in [5, 5.41) is 12.1. The zero-order valence-corrected chi connectivity index (χ0v) is 14.4. The smallest absolute Gasteiger partial charge is 0.410 e. The molecule has 0 bridgehead atoms. The maximum absolute atomic E-state index is 12.3. The fraction of sp³-hybridized carbons (Fsp3) is 0.875. The lowest BCUT2D eigenvalue weighted by atomic mass is 10.1. The van der Waals surface area contributed by atoms with Gasteiger partial charge in [-0.3, -0.25) is 0 Å². The molecule has 0 aromatic rings. The number of ether oxygens (including phenoxy) is 2. The maximum atomic E-state index is 12.3. The molecule has 1 aliphatic heterocycles. The Hall–Kier alpha value is -1.32. The van der Waals surface area contributed by atoms with E-state index in [1.807, 2.05) is 27.7 Å². The Morgan fingerprint density at radius 2 is 2.18 bits per heavy atom. The van der Waals surface area contributed by atoms with Crippen LogP contribution in [0.25, 0.3) is 0 Å². The first-order valence-corrected chi connectivity index (χ1v) is 7.93. The van der Waals surface area contributed by atoms with Crippen LogP contribution in [0, 0.1) is 17.2 Å². The molecule has 3 atom stereocenters. The number of amides is 1. The summed E-state index contributed by atoms with van der Waals surface area (Å²) in [5.74, 6) is -0.0213. The van der Waals surface area contributed by atoms with Crippen LogP contribution in [0.1, 0.15) is 41.0 Å². The van der Waals surface area contributed by atoms with Crippen LogP contribution in [0.5, 0.6) is 0 Å². The molecule has 1 fully saturated rings. The second kappa shape index (κ2) is 8.35. The Morgan fingerprint density at radius 1 is 1.50 bits per heavy atom. The van der Waals surface area contributed by atoms with Crippen LogP contribution < -0.4 is 5.32 Å². The summed E-state index contributed by atoms with van der Waals surface area (Å²) in [5.41, 5.74) is -0.494. The van der Waals surface area contributed by atoms with Crippen LogP contribution in [0.2, 0.25) is 0 Å². The third-order valence-corrected chi connectivity index (χ3v) is 3.47. The molecule has 1 heterocycles. The van der Waals surface area contributed by atoms with Crippen molar-refractivity contribution in [3.63, 3.8) is 0 Å². The van der Waals surface area contributed by atoms with Gasteiger partial charge >= 0.3 is 6.09 Å². The van der Waals surface area contributed by atoms with Crippen LogP contribution >= 0.6 is 0 Å². The van der Waals surface area contributed by atoms with Crippen LogP contribution in [-0.2, 0) is 9.47 Å². The van der Waals surface area contributed by atoms with Crippen molar-refractivity contribution in [2.45, 2.75) is 58.7 Å². The third kappa shape index (κ3) is 6.63. The fourth-order valence-corrected chi connectivity index (χ4v) is 2.33. The largest absolute Gasteiger partial charge is 0.444 e. The molecule has 3 unspecified atom stereocenters. The Kier molecular flexibility index (Phi) is 7.11. The van der Waals surface area contributed by atoms with E-state index >= 15 is 0 Å². The van der Waals surface area contributed by atoms with E-state index in [1.165, 1.54) is 0 Å². The standard InChI is InChI=1S/C16H29N3O3/c1-12(9-17)10-18-13(2)8-14-11-21-7-6-19(14)15(20)22-16(3,4)5/h12-14,18H,6-8,10-11H2,1-5H3. The molecule has 0 aromatic carbocycles. The molecule has 1 aliphatic rings. The minimum absolute atomic E-state index is 0.00323. The average Bonchev–Trinajstić information content (AvgIpc) is 2.43. The number of hydrogen-bond donors (Lipinski definition) is 1. The Morgan fingerprint density at radius 3 is 2.77 bits per heavy atom. The quantitative estimate of drug-likeness (QED) is 0.842. The molecule has 0 spiro atoms. The van der Waals surface area contributed by atoms with Gasteiger partial charge in [0.1, 0.15) is 5.60 Å². The lowest BCUT2D eigenvalue weighted by Gasteiger charge is -2.37. The molecule has 0 saturated carbocycles. The molecule has 126 valence electrons. The van der Waals surface area contributed by atoms with Gasteiger partial charge in [0.15, 0.2) is 0 Å². The highest BCUT2D eigenvalue weighted by Crippen LogP contribution is 2.17. The van der Waals surface area contributed by atoms with Gasteiger partial charge < -0.3 is 19.7 Å². The molecule has 6 heteroatoms. The molecule has 1 amide bonds. The molecule has 0 aromatic heterocycles. The Bertz CT molecular complexity index is 400. The minimum Gasteiger partial charge on any atom is -0.444 e. The highest BCUT2D eigenvalue weighted by atomic mass is 16.6. The summed E-state index contributed by atoms with van der Waals surface area (Å²) >= 11 is 0. The summed E-state index contributed by atoms with van der Waals surface area (Å²) in [7, 11) is 0. The predicted octanol–water partition coefficient (Wildman–Crippen LogP) is 2.15. The van der Waals surface area contributed by atoms with Gasteiger partial charge in [0.25, 0.3) is 0 Å². The van der Waals surface area contributed by atoms with E-state index in [4.69, 9.17) is 14.7 Å². The highest BCUT2D eigenvalue weighted by molar-refractivity contribution is 5.68. The summed E-state index contributed by atoms with van der Waals surface area (Å²) in [6.45, 7) is 11.8. The SMILES string of the molecule is CC(C#N)CNC(C)CC1COCCN1C(=O)OC(C)(C)C. The van der Waals surface area contributed by atoms with E-state index in [1.54, 1.807) is 4.90 Å². The van der Waals surface area contributed by atoms with Crippen molar-refractivity contribution in [2.24, 2.45) is 5.92 Å². The molecule has 1 saturated heterocycles. The number of carbonyl (C=O) groups is 1. The molecule has 1 N–H and O–H groups in total. The molecule has 6 nitrogen and oxygen atoms in total. The Balaban J connectivity index is 2.54. The van der Waals surface area contributed by atoms with Gasteiger partial charge in [0.05, 0.1) is 31.2 Å². The molecular formula is C16H29N3O3. The van der Waals surface area contributed by atoms with Crippen molar-refractivity contribution in [3.05, 3.63) is 0 Å². The summed E-state index contributed by atoms with van der Waals surface area (Å²) in [4.78, 5) is 14.1. The summed E-state index contributed by atoms with van der Waals surface area (Å²) < 4.78 is 11.0. The zero-order chi connectivity index (χ0) is 16.8. The number of rotatable bonds is 5. The second-order valence-corrected chi connectivity index (χ2v) is 6.98. The lowest BCUT2D eigenvalue weighted by molar-refractivity contribution is -0.0355. The van der Waals surface area contributed by atoms with Crippen molar-refractivity contribution in [3.8, 4) is 6.07 Å². The predicted molar refractivity (Wildman–Crippen MR) is 84.4 cm³/mol. The molecule has 0 radical (unpaired) electrons. The molecule has 0 aliphatic carbocycles. The number of carbonyl (C=O) groups excluding carboxylic acids is 1. The van der Waals surface area contributed by atoms with Crippen molar-refractivity contribution in [1.82, 2.24) is 10.2 Å². The third-order valence-electron chi connectivity index (χ3n) is 3.47. The van der Waals surface area contributed by atoms with Crippen LogP contribution in [0.3, 0.4) is 0 Å². The van der Waals surface area contributed by atoms with Gasteiger partial charge in [-0.2, -0.15) is 5.26 Å². The van der Waals surface area contributed by atoms with Crippen molar-refractivity contribution >= 4 is 6.09 Å². The second-order valence-electron chi connectivity index (χ2n) is 6.98. The van der Waals surface area contributed by atoms with E-state index in [0.717, 1.165) is 6.42 Å². The fourth-order valence-electron chi connectivity index (χ4n) is 2.33. The van der Waals surface area contributed by atoms with E-state index < -0.39 is 5.60 Å². The van der Waals surface area contributed by atoms with E-state index in [0.29, 0.717) is 26.3 Å². The van der Waals surface area contributed by atoms with Gasteiger partial charge in [-0.15, -0.1) is 0 Å². The minimum atomic E-state index is -0.494. The summed E-state index contributed by atoms with van der Waals surface area (Å²) in [6, 6.07) is 2.41. The van der Waals surface area contributed by atoms with Crippen LogP contribution in [0.4, 0.5) is 4.79 Å². The van der Waals surface area contributed by atoms with E-state index in [9.17, 15) is 4.79 Å². The topological polar surface area (TPSA) is 74.6 Å². The maximum Gasteiger partial charge on any atom is 0.410 e. The number of nitrogens with zero attached hydrogens (tertiary/aromatic N) is 2. The normalized spacial score (nSPS) is 21.8. The number of nitriles is 1. The number of hydrogen-bond acceptors (Lipinski definition) is 5. The molecule has 22 heavy (non-hydrogen) atoms. The van der Waals surface area contributed by atoms with Gasteiger partial charge in [-0.1, -0.05) is 0 Å². The average molecular weight is 311 g/mol. The number of nitrogens with one attached hydrogen (secondary N) is 1. The van der Waals surface area contributed by atoms with Gasteiger partial charge in [-0.25, -0.2) is 4.79 Å². The summed E-state index contributed by atoms with van der Waals surface area (Å²) in [6.07, 6.45) is 0.496. The van der Waals surface area contributed by atoms with Crippen LogP contribution in [-0.4, -0.2) is 55.0 Å². The van der Waals surface area contributed by atoms with Crippen LogP contribution in [0.15, 0.2) is 0 Å². The first-order valence-electron chi connectivity index (χ1n) is 7.93. The Labute approximate surface area is 133 Å².